The molecule has 1 N–H and O–H groups in total. The van der Waals surface area contributed by atoms with Gasteiger partial charge in [-0.2, -0.15) is 0 Å². The second-order valence-electron chi connectivity index (χ2n) is 2.35. The summed E-state index contributed by atoms with van der Waals surface area (Å²) in [5, 5.41) is 2.74. The monoisotopic (exact) mass is 209 g/mol. The molecule has 0 atom stereocenters. The van der Waals surface area contributed by atoms with Crippen molar-refractivity contribution < 1.29 is 4.79 Å². The summed E-state index contributed by atoms with van der Waals surface area (Å²) in [5.74, 6) is 0.0613. The van der Waals surface area contributed by atoms with Gasteiger partial charge in [-0.05, 0) is 12.5 Å². The topological polar surface area (TPSA) is 29.1 Å². The van der Waals surface area contributed by atoms with Gasteiger partial charge >= 0.3 is 0 Å². The Morgan fingerprint density at radius 3 is 2.20 bits per heavy atom. The van der Waals surface area contributed by atoms with E-state index in [1.54, 1.807) is 6.08 Å². The highest BCUT2D eigenvalue weighted by molar-refractivity contribution is 5.86. The van der Waals surface area contributed by atoms with Gasteiger partial charge in [-0.1, -0.05) is 52.5 Å². The third kappa shape index (κ3) is 5.89. The van der Waals surface area contributed by atoms with Gasteiger partial charge in [0.25, 0.3) is 0 Å². The van der Waals surface area contributed by atoms with Crippen molar-refractivity contribution in [2.45, 2.75) is 41.0 Å². The van der Waals surface area contributed by atoms with E-state index < -0.39 is 0 Å². The highest BCUT2D eigenvalue weighted by Gasteiger charge is 2.18. The van der Waals surface area contributed by atoms with E-state index in [9.17, 15) is 4.79 Å². The Labute approximate surface area is 93.8 Å². The van der Waals surface area contributed by atoms with Crippen molar-refractivity contribution in [2.24, 2.45) is 0 Å². The maximum absolute atomic E-state index is 10.9. The minimum atomic E-state index is 0.0613. The second-order valence-corrected chi connectivity index (χ2v) is 2.35. The quantitative estimate of drug-likeness (QED) is 0.702. The zero-order chi connectivity index (χ0) is 12.3. The lowest BCUT2D eigenvalue weighted by Gasteiger charge is -1.94. The Bertz CT molecular complexity index is 249. The summed E-state index contributed by atoms with van der Waals surface area (Å²) in [5.41, 5.74) is 1.93. The molecule has 1 rings (SSSR count). The Balaban J connectivity index is 0. The van der Waals surface area contributed by atoms with E-state index in [4.69, 9.17) is 0 Å². The molecule has 2 nitrogen and oxygen atoms in total. The number of amides is 1. The average Bonchev–Trinajstić information content (AvgIpc) is 2.65. The largest absolute Gasteiger partial charge is 0.326 e. The van der Waals surface area contributed by atoms with Gasteiger partial charge in [-0.25, -0.2) is 0 Å². The average molecular weight is 209 g/mol. The van der Waals surface area contributed by atoms with Gasteiger partial charge in [0.05, 0.1) is 6.42 Å². The van der Waals surface area contributed by atoms with Crippen LogP contribution in [0.1, 0.15) is 41.0 Å². The predicted octanol–water partition coefficient (Wildman–Crippen LogP) is 3.57. The van der Waals surface area contributed by atoms with Crippen molar-refractivity contribution in [3.05, 3.63) is 36.1 Å². The highest BCUT2D eigenvalue weighted by atomic mass is 16.1. The van der Waals surface area contributed by atoms with Crippen LogP contribution < -0.4 is 5.32 Å². The molecule has 1 heterocycles. The minimum Gasteiger partial charge on any atom is -0.326 e. The maximum Gasteiger partial charge on any atom is 0.228 e. The molecule has 0 radical (unpaired) electrons. The van der Waals surface area contributed by atoms with E-state index in [-0.39, 0.29) is 5.91 Å². The van der Waals surface area contributed by atoms with Gasteiger partial charge in [0.15, 0.2) is 0 Å². The molecular formula is C13H23NO. The molecule has 15 heavy (non-hydrogen) atoms. The smallest absolute Gasteiger partial charge is 0.228 e. The van der Waals surface area contributed by atoms with E-state index in [2.05, 4.69) is 11.9 Å². The molecule has 0 spiro atoms. The second kappa shape index (κ2) is 10.8. The molecule has 0 unspecified atom stereocenters. The van der Waals surface area contributed by atoms with Gasteiger partial charge in [0.2, 0.25) is 5.91 Å². The molecule has 0 aliphatic carbocycles. The third-order valence-corrected chi connectivity index (χ3v) is 1.58. The fourth-order valence-electron chi connectivity index (χ4n) is 1.09. The SMILES string of the molecule is C=C/C=C1/CC(=O)N/C1=C/C.CC.CC. The van der Waals surface area contributed by atoms with Crippen LogP contribution in [0.25, 0.3) is 0 Å². The van der Waals surface area contributed by atoms with Gasteiger partial charge in [-0.3, -0.25) is 4.79 Å². The van der Waals surface area contributed by atoms with E-state index in [1.165, 1.54) is 0 Å². The Hall–Kier alpha value is -1.31. The lowest BCUT2D eigenvalue weighted by Crippen LogP contribution is -2.11. The van der Waals surface area contributed by atoms with Crippen molar-refractivity contribution in [1.82, 2.24) is 5.32 Å². The summed E-state index contributed by atoms with van der Waals surface area (Å²) >= 11 is 0. The number of hydrogen-bond donors (Lipinski definition) is 1. The molecule has 1 aliphatic heterocycles. The number of carbonyl (C=O) groups excluding carboxylic acids is 1. The summed E-state index contributed by atoms with van der Waals surface area (Å²) in [6, 6.07) is 0. The van der Waals surface area contributed by atoms with Crippen LogP contribution in [0.4, 0.5) is 0 Å². The van der Waals surface area contributed by atoms with Crippen molar-refractivity contribution >= 4 is 5.91 Å². The van der Waals surface area contributed by atoms with Crippen LogP contribution in [0.3, 0.4) is 0 Å². The summed E-state index contributed by atoms with van der Waals surface area (Å²) in [6.45, 7) is 13.5. The van der Waals surface area contributed by atoms with Crippen LogP contribution in [-0.4, -0.2) is 5.91 Å². The molecule has 0 aromatic rings. The van der Waals surface area contributed by atoms with Gasteiger partial charge in [0.1, 0.15) is 0 Å². The van der Waals surface area contributed by atoms with E-state index in [0.717, 1.165) is 11.3 Å². The molecule has 0 saturated carbocycles. The molecule has 1 aliphatic rings. The van der Waals surface area contributed by atoms with E-state index in [0.29, 0.717) is 6.42 Å². The van der Waals surface area contributed by atoms with Gasteiger partial charge in [0, 0.05) is 5.70 Å². The molecule has 2 heteroatoms. The number of nitrogens with one attached hydrogen (secondary N) is 1. The third-order valence-electron chi connectivity index (χ3n) is 1.58. The van der Waals surface area contributed by atoms with Crippen LogP contribution >= 0.6 is 0 Å². The summed E-state index contributed by atoms with van der Waals surface area (Å²) < 4.78 is 0. The molecule has 1 saturated heterocycles. The maximum atomic E-state index is 10.9. The van der Waals surface area contributed by atoms with E-state index in [1.807, 2.05) is 46.8 Å². The van der Waals surface area contributed by atoms with Crippen LogP contribution in [0.15, 0.2) is 36.1 Å². The van der Waals surface area contributed by atoms with Crippen molar-refractivity contribution in [2.75, 3.05) is 0 Å². The summed E-state index contributed by atoms with van der Waals surface area (Å²) in [6.07, 6.45) is 5.91. The van der Waals surface area contributed by atoms with Gasteiger partial charge < -0.3 is 5.32 Å². The van der Waals surface area contributed by atoms with E-state index >= 15 is 0 Å². The number of rotatable bonds is 1. The van der Waals surface area contributed by atoms with Crippen LogP contribution in [0.2, 0.25) is 0 Å². The van der Waals surface area contributed by atoms with Crippen LogP contribution in [0.5, 0.6) is 0 Å². The van der Waals surface area contributed by atoms with Crippen molar-refractivity contribution in [3.63, 3.8) is 0 Å². The predicted molar refractivity (Wildman–Crippen MR) is 67.5 cm³/mol. The molecular weight excluding hydrogens is 186 g/mol. The standard InChI is InChI=1S/C9H11NO.2C2H6/c1-3-5-7-6-9(11)10-8(7)4-2;2*1-2/h3-5H,1,6H2,2H3,(H,10,11);2*1-2H3/b7-5-,8-4+;;. The lowest BCUT2D eigenvalue weighted by atomic mass is 10.1. The van der Waals surface area contributed by atoms with Crippen molar-refractivity contribution in [1.29, 1.82) is 0 Å². The van der Waals surface area contributed by atoms with Crippen molar-refractivity contribution in [3.8, 4) is 0 Å². The highest BCUT2D eigenvalue weighted by Crippen LogP contribution is 2.18. The first-order valence-corrected chi connectivity index (χ1v) is 5.56. The zero-order valence-corrected chi connectivity index (χ0v) is 10.6. The Kier molecular flexibility index (Phi) is 11.6. The first-order chi connectivity index (χ1) is 7.27. The zero-order valence-electron chi connectivity index (χ0n) is 10.6. The lowest BCUT2D eigenvalue weighted by molar-refractivity contribution is -0.118. The summed E-state index contributed by atoms with van der Waals surface area (Å²) in [4.78, 5) is 10.9. The first-order valence-electron chi connectivity index (χ1n) is 5.56. The molecule has 1 amide bonds. The molecule has 0 aromatic heterocycles. The molecule has 0 aromatic carbocycles. The van der Waals surface area contributed by atoms with Crippen LogP contribution in [0, 0.1) is 0 Å². The Morgan fingerprint density at radius 1 is 1.27 bits per heavy atom. The number of hydrogen-bond acceptors (Lipinski definition) is 1. The molecule has 1 fully saturated rings. The number of allylic oxidation sites excluding steroid dienone is 4. The van der Waals surface area contributed by atoms with Gasteiger partial charge in [-0.15, -0.1) is 0 Å². The molecule has 86 valence electrons. The fraction of sp³-hybridized carbons (Fsp3) is 0.462. The number of carbonyl (C=O) groups is 1. The Morgan fingerprint density at radius 2 is 1.80 bits per heavy atom. The minimum absolute atomic E-state index is 0.0613. The normalized spacial score (nSPS) is 18.6. The fourth-order valence-corrected chi connectivity index (χ4v) is 1.09. The first kappa shape index (κ1) is 16.1. The summed E-state index contributed by atoms with van der Waals surface area (Å²) in [7, 11) is 0. The van der Waals surface area contributed by atoms with Crippen LogP contribution in [-0.2, 0) is 4.79 Å². The molecule has 0 bridgehead atoms.